The fourth-order valence-electron chi connectivity index (χ4n) is 4.38. The second-order valence-electron chi connectivity index (χ2n) is 8.26. The second kappa shape index (κ2) is 10.3. The van der Waals surface area contributed by atoms with Gasteiger partial charge in [0.05, 0.1) is 24.8 Å². The average Bonchev–Trinajstić information content (AvgIpc) is 3.23. The largest absolute Gasteiger partial charge is 0.394 e. The molecule has 10 nitrogen and oxygen atoms in total. The normalized spacial score (nSPS) is 37.9. The number of aliphatic hydroxyl groups is 3. The molecular weight excluding hydrogens is 414 g/mol. The number of carbonyl (C=O) groups excluding carboxylic acids is 3. The lowest BCUT2D eigenvalue weighted by atomic mass is 9.86. The minimum atomic E-state index is -1.33. The number of carbonyl (C=O) groups is 3. The molecule has 3 rings (SSSR count). The summed E-state index contributed by atoms with van der Waals surface area (Å²) in [5.74, 6) is -0.362. The number of aliphatic hydroxyl groups excluding tert-OH is 3. The van der Waals surface area contributed by atoms with Gasteiger partial charge in [0.1, 0.15) is 24.2 Å². The van der Waals surface area contributed by atoms with Gasteiger partial charge < -0.3 is 40.8 Å². The fourth-order valence-corrected chi connectivity index (χ4v) is 5.92. The maximum atomic E-state index is 12.4. The molecule has 3 aliphatic heterocycles. The summed E-state index contributed by atoms with van der Waals surface area (Å²) in [6.07, 6.45) is -2.02. The van der Waals surface area contributed by atoms with E-state index in [9.17, 15) is 29.7 Å². The predicted molar refractivity (Wildman–Crippen MR) is 109 cm³/mol. The first-order valence-electron chi connectivity index (χ1n) is 10.4. The highest BCUT2D eigenvalue weighted by molar-refractivity contribution is 8.00. The molecule has 3 fully saturated rings. The molecule has 8 atom stereocenters. The van der Waals surface area contributed by atoms with Crippen LogP contribution in [0.4, 0.5) is 4.79 Å². The molecule has 0 aromatic heterocycles. The topological polar surface area (TPSA) is 157 Å². The standard InChI is InChI=1S/C19H31N3O7S/c1-9(24)6-10-16(26)17(27)12(7-23)29-18(10)21-14(25)5-3-2-4-13-15-11(8-30-13)20-19(28)22-15/h10-13,15-18,23,26-27H,2-8H2,1H3,(H,21,25)(H2,20,22,28). The number of ether oxygens (including phenoxy) is 1. The Hall–Kier alpha value is -1.40. The van der Waals surface area contributed by atoms with Crippen molar-refractivity contribution in [1.29, 1.82) is 0 Å². The van der Waals surface area contributed by atoms with Crippen molar-refractivity contribution in [2.24, 2.45) is 5.92 Å². The van der Waals surface area contributed by atoms with E-state index < -0.39 is 37.1 Å². The number of rotatable bonds is 9. The van der Waals surface area contributed by atoms with Gasteiger partial charge in [-0.05, 0) is 19.8 Å². The van der Waals surface area contributed by atoms with E-state index in [0.29, 0.717) is 11.7 Å². The Morgan fingerprint density at radius 1 is 1.23 bits per heavy atom. The van der Waals surface area contributed by atoms with Crippen molar-refractivity contribution >= 4 is 29.5 Å². The van der Waals surface area contributed by atoms with Crippen LogP contribution >= 0.6 is 11.8 Å². The third-order valence-electron chi connectivity index (χ3n) is 5.97. The van der Waals surface area contributed by atoms with Crippen LogP contribution in [-0.2, 0) is 14.3 Å². The maximum Gasteiger partial charge on any atom is 0.315 e. The zero-order chi connectivity index (χ0) is 21.8. The number of thioether (sulfide) groups is 1. The third kappa shape index (κ3) is 5.44. The molecule has 0 aromatic carbocycles. The van der Waals surface area contributed by atoms with Gasteiger partial charge in [-0.2, -0.15) is 11.8 Å². The molecule has 8 unspecified atom stereocenters. The lowest BCUT2D eigenvalue weighted by molar-refractivity contribution is -0.217. The molecule has 30 heavy (non-hydrogen) atoms. The maximum absolute atomic E-state index is 12.4. The van der Waals surface area contributed by atoms with E-state index in [1.807, 2.05) is 11.8 Å². The van der Waals surface area contributed by atoms with Crippen molar-refractivity contribution in [3.8, 4) is 0 Å². The zero-order valence-corrected chi connectivity index (χ0v) is 17.8. The van der Waals surface area contributed by atoms with Gasteiger partial charge in [-0.3, -0.25) is 4.79 Å². The van der Waals surface area contributed by atoms with E-state index in [1.165, 1.54) is 6.92 Å². The molecule has 0 radical (unpaired) electrons. The minimum absolute atomic E-state index is 0.0530. The highest BCUT2D eigenvalue weighted by atomic mass is 32.2. The van der Waals surface area contributed by atoms with Crippen LogP contribution in [-0.4, -0.2) is 87.3 Å². The third-order valence-corrected chi connectivity index (χ3v) is 7.48. The van der Waals surface area contributed by atoms with Gasteiger partial charge in [-0.15, -0.1) is 0 Å². The summed E-state index contributed by atoms with van der Waals surface area (Å²) >= 11 is 1.83. The van der Waals surface area contributed by atoms with E-state index in [0.717, 1.165) is 18.6 Å². The van der Waals surface area contributed by atoms with Crippen LogP contribution in [0, 0.1) is 5.92 Å². The highest BCUT2D eigenvalue weighted by Gasteiger charge is 2.45. The van der Waals surface area contributed by atoms with Crippen molar-refractivity contribution in [2.45, 2.75) is 80.9 Å². The molecule has 11 heteroatoms. The van der Waals surface area contributed by atoms with Gasteiger partial charge in [0.2, 0.25) is 5.91 Å². The zero-order valence-electron chi connectivity index (χ0n) is 17.0. The summed E-state index contributed by atoms with van der Waals surface area (Å²) < 4.78 is 5.55. The summed E-state index contributed by atoms with van der Waals surface area (Å²) in [5.41, 5.74) is 0. The van der Waals surface area contributed by atoms with Crippen LogP contribution in [0.2, 0.25) is 0 Å². The summed E-state index contributed by atoms with van der Waals surface area (Å²) in [5, 5.41) is 38.6. The molecule has 3 amide bonds. The predicted octanol–water partition coefficient (Wildman–Crippen LogP) is -1.14. The second-order valence-corrected chi connectivity index (χ2v) is 9.54. The lowest BCUT2D eigenvalue weighted by Crippen LogP contribution is -2.60. The quantitative estimate of drug-likeness (QED) is 0.192. The Morgan fingerprint density at radius 2 is 2.00 bits per heavy atom. The van der Waals surface area contributed by atoms with E-state index in [1.54, 1.807) is 0 Å². The van der Waals surface area contributed by atoms with Crippen molar-refractivity contribution in [1.82, 2.24) is 16.0 Å². The molecule has 0 saturated carbocycles. The lowest BCUT2D eigenvalue weighted by Gasteiger charge is -2.42. The number of fused-ring (bicyclic) bond motifs is 1. The molecule has 3 saturated heterocycles. The van der Waals surface area contributed by atoms with Gasteiger partial charge in [0.25, 0.3) is 0 Å². The van der Waals surface area contributed by atoms with E-state index in [4.69, 9.17) is 4.74 Å². The van der Waals surface area contributed by atoms with Crippen LogP contribution in [0.15, 0.2) is 0 Å². The summed E-state index contributed by atoms with van der Waals surface area (Å²) in [4.78, 5) is 35.4. The smallest absolute Gasteiger partial charge is 0.315 e. The number of hydrogen-bond acceptors (Lipinski definition) is 8. The van der Waals surface area contributed by atoms with Crippen molar-refractivity contribution < 1.29 is 34.4 Å². The van der Waals surface area contributed by atoms with Crippen molar-refractivity contribution in [3.63, 3.8) is 0 Å². The molecule has 3 heterocycles. The van der Waals surface area contributed by atoms with E-state index in [2.05, 4.69) is 16.0 Å². The number of urea groups is 1. The van der Waals surface area contributed by atoms with Crippen LogP contribution in [0.1, 0.15) is 39.0 Å². The van der Waals surface area contributed by atoms with Gasteiger partial charge in [-0.1, -0.05) is 6.42 Å². The van der Waals surface area contributed by atoms with Gasteiger partial charge >= 0.3 is 6.03 Å². The fraction of sp³-hybridized carbons (Fsp3) is 0.842. The summed E-state index contributed by atoms with van der Waals surface area (Å²) in [7, 11) is 0. The van der Waals surface area contributed by atoms with Gasteiger partial charge in [0.15, 0.2) is 0 Å². The van der Waals surface area contributed by atoms with Crippen LogP contribution in [0.5, 0.6) is 0 Å². The van der Waals surface area contributed by atoms with Gasteiger partial charge in [-0.25, -0.2) is 4.79 Å². The highest BCUT2D eigenvalue weighted by Crippen LogP contribution is 2.33. The van der Waals surface area contributed by atoms with Crippen LogP contribution < -0.4 is 16.0 Å². The van der Waals surface area contributed by atoms with Crippen molar-refractivity contribution in [3.05, 3.63) is 0 Å². The Morgan fingerprint density at radius 3 is 2.70 bits per heavy atom. The minimum Gasteiger partial charge on any atom is -0.394 e. The summed E-state index contributed by atoms with van der Waals surface area (Å²) in [6, 6.07) is 0.206. The van der Waals surface area contributed by atoms with E-state index in [-0.39, 0.29) is 42.6 Å². The molecule has 0 aliphatic carbocycles. The molecule has 170 valence electrons. The number of Topliss-reactive ketones (excluding diaryl/α,β-unsaturated/α-hetero) is 1. The number of ketones is 1. The molecule has 6 N–H and O–H groups in total. The number of hydrogen-bond donors (Lipinski definition) is 6. The monoisotopic (exact) mass is 445 g/mol. The molecule has 3 aliphatic rings. The number of amides is 3. The first kappa shape index (κ1) is 23.3. The van der Waals surface area contributed by atoms with E-state index >= 15 is 0 Å². The Balaban J connectivity index is 1.44. The van der Waals surface area contributed by atoms with Gasteiger partial charge in [0, 0.05) is 29.8 Å². The first-order valence-corrected chi connectivity index (χ1v) is 11.4. The average molecular weight is 446 g/mol. The Bertz CT molecular complexity index is 652. The molecule has 0 spiro atoms. The van der Waals surface area contributed by atoms with Crippen LogP contribution in [0.25, 0.3) is 0 Å². The number of nitrogens with one attached hydrogen (secondary N) is 3. The molecular formula is C19H31N3O7S. The molecule has 0 aromatic rings. The van der Waals surface area contributed by atoms with Crippen LogP contribution in [0.3, 0.4) is 0 Å². The Kier molecular flexibility index (Phi) is 7.97. The summed E-state index contributed by atoms with van der Waals surface area (Å²) in [6.45, 7) is 0.855. The number of unbranched alkanes of at least 4 members (excludes halogenated alkanes) is 1. The Labute approximate surface area is 179 Å². The molecule has 0 bridgehead atoms. The van der Waals surface area contributed by atoms with Crippen molar-refractivity contribution in [2.75, 3.05) is 12.4 Å². The first-order chi connectivity index (χ1) is 14.3. The SMILES string of the molecule is CC(=O)CC1C(NC(=O)CCCCC2SCC3NC(=O)NC32)OC(CO)C(O)C1O.